The maximum Gasteiger partial charge on any atom is 0.0770 e. The Kier molecular flexibility index (Phi) is 6.22. The predicted molar refractivity (Wildman–Crippen MR) is 88.1 cm³/mol. The second-order valence-electron chi connectivity index (χ2n) is 6.01. The van der Waals surface area contributed by atoms with Crippen molar-refractivity contribution in [2.45, 2.75) is 59.2 Å². The topological polar surface area (TPSA) is 9.23 Å². The number of benzene rings is 1. The third-order valence-corrected chi connectivity index (χ3v) is 3.73. The third kappa shape index (κ3) is 5.34. The van der Waals surface area contributed by atoms with E-state index >= 15 is 0 Å². The molecule has 0 aliphatic rings. The molecule has 1 atom stereocenters. The minimum absolute atomic E-state index is 0.0903. The number of hydrogen-bond acceptors (Lipinski definition) is 1. The Hall–Kier alpha value is -1.34. The molecule has 0 bridgehead atoms. The number of allylic oxidation sites excluding steroid dienone is 2. The summed E-state index contributed by atoms with van der Waals surface area (Å²) in [5.41, 5.74) is 3.78. The van der Waals surface area contributed by atoms with Crippen LogP contribution in [-0.4, -0.2) is 11.7 Å². The van der Waals surface area contributed by atoms with Crippen molar-refractivity contribution in [2.24, 2.45) is 0 Å². The van der Waals surface area contributed by atoms with Crippen LogP contribution in [0.3, 0.4) is 0 Å². The van der Waals surface area contributed by atoms with Crippen LogP contribution in [0.15, 0.2) is 48.6 Å². The van der Waals surface area contributed by atoms with E-state index in [1.54, 1.807) is 0 Å². The normalized spacial score (nSPS) is 14.2. The second kappa shape index (κ2) is 7.44. The molecule has 0 aliphatic heterocycles. The maximum absolute atomic E-state index is 6.18. The molecule has 0 saturated heterocycles. The molecule has 110 valence electrons. The Morgan fingerprint density at radius 1 is 1.30 bits per heavy atom. The number of ether oxygens (including phenoxy) is 1. The van der Waals surface area contributed by atoms with Crippen LogP contribution in [0.2, 0.25) is 0 Å². The summed E-state index contributed by atoms with van der Waals surface area (Å²) in [4.78, 5) is 0. The van der Waals surface area contributed by atoms with Crippen LogP contribution in [0.4, 0.5) is 0 Å². The summed E-state index contributed by atoms with van der Waals surface area (Å²) in [6, 6.07) is 8.68. The second-order valence-corrected chi connectivity index (χ2v) is 6.01. The van der Waals surface area contributed by atoms with E-state index in [0.717, 1.165) is 12.8 Å². The van der Waals surface area contributed by atoms with Crippen LogP contribution in [0.1, 0.15) is 45.2 Å². The lowest BCUT2D eigenvalue weighted by atomic mass is 9.98. The molecule has 1 nitrogen and oxygen atoms in total. The van der Waals surface area contributed by atoms with Gasteiger partial charge in [0, 0.05) is 0 Å². The highest BCUT2D eigenvalue weighted by atomic mass is 16.5. The lowest BCUT2D eigenvalue weighted by molar-refractivity contribution is -0.0507. The zero-order valence-electron chi connectivity index (χ0n) is 13.6. The predicted octanol–water partition coefficient (Wildman–Crippen LogP) is 5.24. The standard InChI is InChI=1S/C19H28O/c1-7-9-18(16(4)20-19(5,6)8-2)14-17-12-10-15(3)11-13-17/h7,9-13,16H,1,8,14H2,2-6H3/b18-9-. The van der Waals surface area contributed by atoms with Crippen molar-refractivity contribution >= 4 is 0 Å². The van der Waals surface area contributed by atoms with Gasteiger partial charge in [-0.15, -0.1) is 0 Å². The zero-order chi connectivity index (χ0) is 15.2. The van der Waals surface area contributed by atoms with E-state index in [4.69, 9.17) is 4.74 Å². The molecule has 0 amide bonds. The van der Waals surface area contributed by atoms with E-state index < -0.39 is 0 Å². The van der Waals surface area contributed by atoms with Crippen LogP contribution in [-0.2, 0) is 11.2 Å². The summed E-state index contributed by atoms with van der Waals surface area (Å²) in [6.07, 6.45) is 5.94. The van der Waals surface area contributed by atoms with Gasteiger partial charge in [-0.05, 0) is 51.7 Å². The molecule has 1 unspecified atom stereocenters. The van der Waals surface area contributed by atoms with Crippen molar-refractivity contribution < 1.29 is 4.74 Å². The molecule has 0 N–H and O–H groups in total. The Morgan fingerprint density at radius 3 is 2.40 bits per heavy atom. The summed E-state index contributed by atoms with van der Waals surface area (Å²) < 4.78 is 6.18. The Bertz CT molecular complexity index is 451. The SMILES string of the molecule is C=C/C=C(/Cc1ccc(C)cc1)C(C)OC(C)(C)CC. The molecule has 0 saturated carbocycles. The van der Waals surface area contributed by atoms with E-state index in [9.17, 15) is 0 Å². The van der Waals surface area contributed by atoms with Crippen molar-refractivity contribution in [3.05, 3.63) is 59.7 Å². The van der Waals surface area contributed by atoms with E-state index in [2.05, 4.69) is 71.5 Å². The number of rotatable bonds is 7. The molecule has 0 fully saturated rings. The smallest absolute Gasteiger partial charge is 0.0770 e. The summed E-state index contributed by atoms with van der Waals surface area (Å²) in [5.74, 6) is 0. The Labute approximate surface area is 124 Å². The first-order valence-corrected chi connectivity index (χ1v) is 7.43. The van der Waals surface area contributed by atoms with Gasteiger partial charge in [-0.25, -0.2) is 0 Å². The molecule has 1 rings (SSSR count). The maximum atomic E-state index is 6.18. The number of hydrogen-bond donors (Lipinski definition) is 0. The fourth-order valence-electron chi connectivity index (χ4n) is 2.07. The van der Waals surface area contributed by atoms with Gasteiger partial charge in [-0.1, -0.05) is 55.5 Å². The quantitative estimate of drug-likeness (QED) is 0.616. The zero-order valence-corrected chi connectivity index (χ0v) is 13.6. The molecule has 20 heavy (non-hydrogen) atoms. The summed E-state index contributed by atoms with van der Waals surface area (Å²) in [6.45, 7) is 14.5. The van der Waals surface area contributed by atoms with Gasteiger partial charge in [0.1, 0.15) is 0 Å². The van der Waals surface area contributed by atoms with Crippen LogP contribution < -0.4 is 0 Å². The summed E-state index contributed by atoms with van der Waals surface area (Å²) in [5, 5.41) is 0. The van der Waals surface area contributed by atoms with E-state index in [0.29, 0.717) is 0 Å². The minimum atomic E-state index is -0.0903. The fourth-order valence-corrected chi connectivity index (χ4v) is 2.07. The highest BCUT2D eigenvalue weighted by Crippen LogP contribution is 2.22. The molecule has 0 radical (unpaired) electrons. The Balaban J connectivity index is 2.81. The van der Waals surface area contributed by atoms with Crippen LogP contribution in [0, 0.1) is 6.92 Å². The van der Waals surface area contributed by atoms with Crippen molar-refractivity contribution in [3.8, 4) is 0 Å². The van der Waals surface area contributed by atoms with Gasteiger partial charge in [0.25, 0.3) is 0 Å². The van der Waals surface area contributed by atoms with Crippen molar-refractivity contribution in [2.75, 3.05) is 0 Å². The Morgan fingerprint density at radius 2 is 1.90 bits per heavy atom. The van der Waals surface area contributed by atoms with Gasteiger partial charge in [-0.3, -0.25) is 0 Å². The van der Waals surface area contributed by atoms with Crippen molar-refractivity contribution in [1.82, 2.24) is 0 Å². The van der Waals surface area contributed by atoms with Gasteiger partial charge in [0.15, 0.2) is 0 Å². The van der Waals surface area contributed by atoms with E-state index in [-0.39, 0.29) is 11.7 Å². The molecule has 0 aliphatic carbocycles. The molecular weight excluding hydrogens is 244 g/mol. The van der Waals surface area contributed by atoms with Gasteiger partial charge in [0.2, 0.25) is 0 Å². The van der Waals surface area contributed by atoms with Crippen LogP contribution in [0.5, 0.6) is 0 Å². The van der Waals surface area contributed by atoms with Crippen molar-refractivity contribution in [3.63, 3.8) is 0 Å². The molecule has 0 spiro atoms. The first-order valence-electron chi connectivity index (χ1n) is 7.43. The molecular formula is C19H28O. The van der Waals surface area contributed by atoms with Crippen LogP contribution >= 0.6 is 0 Å². The molecule has 0 heterocycles. The highest BCUT2D eigenvalue weighted by molar-refractivity contribution is 5.28. The number of aryl methyl sites for hydroxylation is 1. The van der Waals surface area contributed by atoms with Gasteiger partial charge in [0.05, 0.1) is 11.7 Å². The monoisotopic (exact) mass is 272 g/mol. The molecule has 0 aromatic heterocycles. The first-order chi connectivity index (χ1) is 9.38. The van der Waals surface area contributed by atoms with Gasteiger partial charge < -0.3 is 4.74 Å². The highest BCUT2D eigenvalue weighted by Gasteiger charge is 2.21. The molecule has 1 heteroatoms. The third-order valence-electron chi connectivity index (χ3n) is 3.73. The summed E-state index contributed by atoms with van der Waals surface area (Å²) in [7, 11) is 0. The van der Waals surface area contributed by atoms with Gasteiger partial charge >= 0.3 is 0 Å². The lowest BCUT2D eigenvalue weighted by Crippen LogP contribution is -2.29. The largest absolute Gasteiger partial charge is 0.368 e. The van der Waals surface area contributed by atoms with Gasteiger partial charge in [-0.2, -0.15) is 0 Å². The van der Waals surface area contributed by atoms with Crippen molar-refractivity contribution in [1.29, 1.82) is 0 Å². The van der Waals surface area contributed by atoms with E-state index in [1.165, 1.54) is 16.7 Å². The molecule has 1 aromatic carbocycles. The van der Waals surface area contributed by atoms with E-state index in [1.807, 2.05) is 6.08 Å². The fraction of sp³-hybridized carbons (Fsp3) is 0.474. The minimum Gasteiger partial charge on any atom is -0.368 e. The lowest BCUT2D eigenvalue weighted by Gasteiger charge is -2.29. The first kappa shape index (κ1) is 16.7. The average Bonchev–Trinajstić information content (AvgIpc) is 2.40. The average molecular weight is 272 g/mol. The molecule has 1 aromatic rings. The van der Waals surface area contributed by atoms with Crippen LogP contribution in [0.25, 0.3) is 0 Å². The summed E-state index contributed by atoms with van der Waals surface area (Å²) >= 11 is 0.